The van der Waals surface area contributed by atoms with Crippen molar-refractivity contribution in [1.29, 1.82) is 0 Å². The lowest BCUT2D eigenvalue weighted by Crippen LogP contribution is -1.89. The van der Waals surface area contributed by atoms with Crippen molar-refractivity contribution in [2.24, 2.45) is 0 Å². The Labute approximate surface area is 179 Å². The van der Waals surface area contributed by atoms with E-state index in [1.165, 1.54) is 12.3 Å². The second-order valence-corrected chi connectivity index (χ2v) is 7.22. The molecule has 6 rings (SSSR count). The first-order chi connectivity index (χ1) is 15.7. The van der Waals surface area contributed by atoms with Gasteiger partial charge in [-0.2, -0.15) is 5.10 Å². The van der Waals surface area contributed by atoms with E-state index in [0.29, 0.717) is 50.6 Å². The molecule has 9 heteroatoms. The number of hydrogen-bond acceptors (Lipinski definition) is 6. The van der Waals surface area contributed by atoms with Crippen LogP contribution in [0.3, 0.4) is 0 Å². The Morgan fingerprint density at radius 2 is 1.75 bits per heavy atom. The van der Waals surface area contributed by atoms with Crippen LogP contribution in [0, 0.1) is 5.82 Å². The highest BCUT2D eigenvalue weighted by Crippen LogP contribution is 2.31. The van der Waals surface area contributed by atoms with Gasteiger partial charge in [-0.1, -0.05) is 12.1 Å². The number of aromatic hydroxyl groups is 1. The van der Waals surface area contributed by atoms with Gasteiger partial charge in [0, 0.05) is 23.5 Å². The Hall–Kier alpha value is -4.66. The normalized spacial score (nSPS) is 11.4. The molecule has 0 aliphatic carbocycles. The van der Waals surface area contributed by atoms with Gasteiger partial charge < -0.3 is 10.1 Å². The average molecular weight is 423 g/mol. The second kappa shape index (κ2) is 6.95. The van der Waals surface area contributed by atoms with Crippen molar-refractivity contribution in [2.45, 2.75) is 0 Å². The number of rotatable bonds is 3. The molecule has 5 heterocycles. The predicted octanol–water partition coefficient (Wildman–Crippen LogP) is 4.47. The van der Waals surface area contributed by atoms with E-state index in [4.69, 9.17) is 4.98 Å². The summed E-state index contributed by atoms with van der Waals surface area (Å²) in [6.07, 6.45) is 4.60. The molecular weight excluding hydrogens is 409 g/mol. The monoisotopic (exact) mass is 423 g/mol. The minimum Gasteiger partial charge on any atom is -0.506 e. The zero-order valence-electron chi connectivity index (χ0n) is 16.4. The molecule has 0 aliphatic heterocycles. The van der Waals surface area contributed by atoms with Crippen LogP contribution in [0.2, 0.25) is 0 Å². The first-order valence-electron chi connectivity index (χ1n) is 9.77. The first kappa shape index (κ1) is 18.1. The Morgan fingerprint density at radius 3 is 2.62 bits per heavy atom. The minimum atomic E-state index is -0.367. The highest BCUT2D eigenvalue weighted by Gasteiger charge is 2.18. The lowest BCUT2D eigenvalue weighted by Gasteiger charge is -2.02. The number of aromatic nitrogens is 7. The number of benzene rings is 1. The second-order valence-electron chi connectivity index (χ2n) is 7.22. The molecule has 6 aromatic rings. The summed E-state index contributed by atoms with van der Waals surface area (Å²) in [5.74, 6) is 0.172. The maximum atomic E-state index is 14.4. The molecule has 1 aromatic carbocycles. The highest BCUT2D eigenvalue weighted by atomic mass is 19.1. The van der Waals surface area contributed by atoms with Crippen LogP contribution in [0.4, 0.5) is 4.39 Å². The summed E-state index contributed by atoms with van der Waals surface area (Å²) in [4.78, 5) is 21.0. The number of aromatic amines is 2. The van der Waals surface area contributed by atoms with Crippen molar-refractivity contribution < 1.29 is 9.50 Å². The Kier molecular flexibility index (Phi) is 3.94. The number of H-pyrrole nitrogens is 2. The standard InChI is InChI=1S/C23H14FN7O/c24-15-4-2-1-3-14(15)19-20-17(7-8-26-19)28-23(29-20)22-21-18(30-31-22)6-5-16(27-21)12-9-13(32)11-25-10-12/h1-11,32H,(H,28,29)(H,30,31). The molecule has 0 unspecified atom stereocenters. The van der Waals surface area contributed by atoms with Crippen LogP contribution < -0.4 is 0 Å². The van der Waals surface area contributed by atoms with Crippen molar-refractivity contribution in [2.75, 3.05) is 0 Å². The zero-order valence-corrected chi connectivity index (χ0v) is 16.4. The molecule has 0 aliphatic rings. The number of hydrogen-bond donors (Lipinski definition) is 3. The minimum absolute atomic E-state index is 0.0577. The maximum Gasteiger partial charge on any atom is 0.161 e. The third-order valence-corrected chi connectivity index (χ3v) is 5.18. The summed E-state index contributed by atoms with van der Waals surface area (Å²) in [6.45, 7) is 0. The number of nitrogens with one attached hydrogen (secondary N) is 2. The summed E-state index contributed by atoms with van der Waals surface area (Å²) in [5, 5.41) is 17.1. The molecule has 5 aromatic heterocycles. The van der Waals surface area contributed by atoms with Crippen molar-refractivity contribution in [3.8, 4) is 39.8 Å². The molecule has 0 amide bonds. The van der Waals surface area contributed by atoms with E-state index in [-0.39, 0.29) is 11.6 Å². The Bertz CT molecular complexity index is 1620. The van der Waals surface area contributed by atoms with E-state index in [9.17, 15) is 9.50 Å². The van der Waals surface area contributed by atoms with Crippen LogP contribution in [0.5, 0.6) is 5.75 Å². The van der Waals surface area contributed by atoms with Gasteiger partial charge in [0.15, 0.2) is 11.5 Å². The van der Waals surface area contributed by atoms with E-state index in [1.807, 2.05) is 12.1 Å². The van der Waals surface area contributed by atoms with Gasteiger partial charge in [-0.3, -0.25) is 15.1 Å². The molecule has 0 saturated carbocycles. The Balaban J connectivity index is 1.52. The molecule has 0 atom stereocenters. The predicted molar refractivity (Wildman–Crippen MR) is 117 cm³/mol. The number of fused-ring (bicyclic) bond motifs is 2. The lowest BCUT2D eigenvalue weighted by atomic mass is 10.1. The van der Waals surface area contributed by atoms with Gasteiger partial charge in [-0.15, -0.1) is 0 Å². The molecule has 0 bridgehead atoms. The van der Waals surface area contributed by atoms with Crippen LogP contribution in [0.1, 0.15) is 0 Å². The van der Waals surface area contributed by atoms with E-state index < -0.39 is 0 Å². The van der Waals surface area contributed by atoms with E-state index in [0.717, 1.165) is 5.52 Å². The summed E-state index contributed by atoms with van der Waals surface area (Å²) in [5.41, 5.74) is 5.22. The molecule has 0 saturated heterocycles. The number of imidazole rings is 1. The molecule has 3 N–H and O–H groups in total. The number of halogens is 1. The molecule has 0 spiro atoms. The van der Waals surface area contributed by atoms with Crippen molar-refractivity contribution in [3.63, 3.8) is 0 Å². The van der Waals surface area contributed by atoms with E-state index >= 15 is 0 Å². The molecular formula is C23H14FN7O. The van der Waals surface area contributed by atoms with Gasteiger partial charge in [0.2, 0.25) is 0 Å². The van der Waals surface area contributed by atoms with Crippen LogP contribution in [-0.2, 0) is 0 Å². The quantitative estimate of drug-likeness (QED) is 0.387. The lowest BCUT2D eigenvalue weighted by molar-refractivity contribution is 0.473. The fourth-order valence-corrected chi connectivity index (χ4v) is 3.69. The van der Waals surface area contributed by atoms with Crippen LogP contribution in [-0.4, -0.2) is 40.2 Å². The van der Waals surface area contributed by atoms with Gasteiger partial charge in [0.05, 0.1) is 22.9 Å². The van der Waals surface area contributed by atoms with E-state index in [2.05, 4.69) is 30.1 Å². The first-order valence-corrected chi connectivity index (χ1v) is 9.77. The van der Waals surface area contributed by atoms with Crippen LogP contribution in [0.15, 0.2) is 67.1 Å². The number of nitrogens with zero attached hydrogens (tertiary/aromatic N) is 5. The fourth-order valence-electron chi connectivity index (χ4n) is 3.69. The van der Waals surface area contributed by atoms with Crippen molar-refractivity contribution in [3.05, 3.63) is 72.9 Å². The smallest absolute Gasteiger partial charge is 0.161 e. The van der Waals surface area contributed by atoms with Gasteiger partial charge >= 0.3 is 0 Å². The van der Waals surface area contributed by atoms with Gasteiger partial charge in [0.1, 0.15) is 28.3 Å². The molecule has 0 fully saturated rings. The summed E-state index contributed by atoms with van der Waals surface area (Å²) < 4.78 is 14.4. The SMILES string of the molecule is Oc1cncc(-c2ccc3[nH]nc(-c4nc5c(-c6ccccc6F)nccc5[nH]4)c3n2)c1. The van der Waals surface area contributed by atoms with Crippen LogP contribution in [0.25, 0.3) is 56.1 Å². The topological polar surface area (TPSA) is 116 Å². The number of pyridine rings is 3. The third kappa shape index (κ3) is 2.87. The Morgan fingerprint density at radius 1 is 0.875 bits per heavy atom. The maximum absolute atomic E-state index is 14.4. The molecule has 32 heavy (non-hydrogen) atoms. The highest BCUT2D eigenvalue weighted by molar-refractivity contribution is 5.95. The van der Waals surface area contributed by atoms with Gasteiger partial charge in [-0.05, 0) is 36.4 Å². The third-order valence-electron chi connectivity index (χ3n) is 5.18. The molecule has 8 nitrogen and oxygen atoms in total. The largest absolute Gasteiger partial charge is 0.506 e. The average Bonchev–Trinajstić information content (AvgIpc) is 3.43. The van der Waals surface area contributed by atoms with E-state index in [1.54, 1.807) is 42.7 Å². The van der Waals surface area contributed by atoms with Gasteiger partial charge in [-0.25, -0.2) is 14.4 Å². The fraction of sp³-hybridized carbons (Fsp3) is 0. The summed E-state index contributed by atoms with van der Waals surface area (Å²) in [7, 11) is 0. The summed E-state index contributed by atoms with van der Waals surface area (Å²) >= 11 is 0. The zero-order chi connectivity index (χ0) is 21.7. The van der Waals surface area contributed by atoms with Gasteiger partial charge in [0.25, 0.3) is 0 Å². The van der Waals surface area contributed by atoms with Crippen molar-refractivity contribution >= 4 is 22.1 Å². The molecule has 154 valence electrons. The van der Waals surface area contributed by atoms with Crippen LogP contribution >= 0.6 is 0 Å². The molecule has 0 radical (unpaired) electrons. The van der Waals surface area contributed by atoms with Crippen molar-refractivity contribution in [1.82, 2.24) is 35.1 Å². The summed E-state index contributed by atoms with van der Waals surface area (Å²) in [6, 6.07) is 13.5.